The third-order valence-corrected chi connectivity index (χ3v) is 6.23. The molecule has 0 saturated carbocycles. The molecule has 0 aliphatic carbocycles. The van der Waals surface area contributed by atoms with Crippen LogP contribution in [0.15, 0.2) is 71.6 Å². The number of ether oxygens (including phenoxy) is 1. The molecule has 3 rings (SSSR count). The first kappa shape index (κ1) is 22.5. The number of hydrogen-bond donors (Lipinski definition) is 2. The van der Waals surface area contributed by atoms with Crippen LogP contribution in [0.4, 0.5) is 5.69 Å². The summed E-state index contributed by atoms with van der Waals surface area (Å²) in [5.74, 6) is -0.328. The number of benzene rings is 3. The van der Waals surface area contributed by atoms with Crippen LogP contribution in [0.2, 0.25) is 0 Å². The van der Waals surface area contributed by atoms with Crippen molar-refractivity contribution >= 4 is 21.6 Å². The van der Waals surface area contributed by atoms with Crippen LogP contribution in [-0.4, -0.2) is 21.4 Å². The van der Waals surface area contributed by atoms with Crippen LogP contribution in [0.25, 0.3) is 0 Å². The maximum atomic E-state index is 12.8. The molecule has 0 aliphatic rings. The van der Waals surface area contributed by atoms with Crippen LogP contribution in [0, 0.1) is 13.8 Å². The molecule has 0 unspecified atom stereocenters. The number of hydrogen-bond acceptors (Lipinski definition) is 4. The van der Waals surface area contributed by atoms with Crippen LogP contribution < -0.4 is 10.0 Å². The molecule has 2 N–H and O–H groups in total. The molecule has 6 nitrogen and oxygen atoms in total. The Morgan fingerprint density at radius 3 is 2.19 bits per heavy atom. The van der Waals surface area contributed by atoms with Gasteiger partial charge in [0, 0.05) is 24.9 Å². The van der Waals surface area contributed by atoms with Crippen molar-refractivity contribution in [1.82, 2.24) is 5.32 Å². The lowest BCUT2D eigenvalue weighted by Gasteiger charge is -2.12. The highest BCUT2D eigenvalue weighted by atomic mass is 32.2. The summed E-state index contributed by atoms with van der Waals surface area (Å²) in [4.78, 5) is 12.8. The SMILES string of the molecule is COCc1ccc(CNC(=O)c2cc(S(=O)(=O)Nc3ccc(C)cc3)ccc2C)cc1. The van der Waals surface area contributed by atoms with Gasteiger partial charge in [-0.1, -0.05) is 48.0 Å². The van der Waals surface area contributed by atoms with Crippen LogP contribution in [0.3, 0.4) is 0 Å². The average Bonchev–Trinajstić information content (AvgIpc) is 2.75. The minimum Gasteiger partial charge on any atom is -0.380 e. The maximum absolute atomic E-state index is 12.8. The minimum atomic E-state index is -3.82. The molecule has 0 spiro atoms. The van der Waals surface area contributed by atoms with Gasteiger partial charge in [-0.05, 0) is 54.8 Å². The molecule has 0 heterocycles. The molecule has 0 fully saturated rings. The monoisotopic (exact) mass is 438 g/mol. The molecule has 0 aromatic heterocycles. The standard InChI is InChI=1S/C24H26N2O4S/c1-17-4-11-21(12-5-17)26-31(28,29)22-13-6-18(2)23(14-22)24(27)25-15-19-7-9-20(10-8-19)16-30-3/h4-14,26H,15-16H2,1-3H3,(H,25,27). The number of rotatable bonds is 8. The summed E-state index contributed by atoms with van der Waals surface area (Å²) in [6, 6.07) is 19.3. The molecule has 0 radical (unpaired) electrons. The van der Waals surface area contributed by atoms with Gasteiger partial charge < -0.3 is 10.1 Å². The number of aryl methyl sites for hydroxylation is 2. The lowest BCUT2D eigenvalue weighted by molar-refractivity contribution is 0.0950. The number of nitrogens with one attached hydrogen (secondary N) is 2. The number of anilines is 1. The number of carbonyl (C=O) groups is 1. The highest BCUT2D eigenvalue weighted by Gasteiger charge is 2.18. The Morgan fingerprint density at radius 2 is 1.55 bits per heavy atom. The van der Waals surface area contributed by atoms with Crippen molar-refractivity contribution in [2.45, 2.75) is 31.9 Å². The molecule has 0 atom stereocenters. The van der Waals surface area contributed by atoms with Crippen LogP contribution >= 0.6 is 0 Å². The number of amides is 1. The Morgan fingerprint density at radius 1 is 0.903 bits per heavy atom. The smallest absolute Gasteiger partial charge is 0.261 e. The predicted octanol–water partition coefficient (Wildman–Crippen LogP) is 4.18. The summed E-state index contributed by atoms with van der Waals surface area (Å²) in [5, 5.41) is 2.86. The van der Waals surface area contributed by atoms with E-state index in [-0.39, 0.29) is 10.8 Å². The van der Waals surface area contributed by atoms with Crippen LogP contribution in [-0.2, 0) is 27.9 Å². The molecular formula is C24H26N2O4S. The molecule has 0 aliphatic heterocycles. The van der Waals surface area contributed by atoms with Crippen molar-refractivity contribution in [1.29, 1.82) is 0 Å². The van der Waals surface area contributed by atoms with Crippen molar-refractivity contribution in [3.63, 3.8) is 0 Å². The van der Waals surface area contributed by atoms with Gasteiger partial charge in [0.1, 0.15) is 0 Å². The maximum Gasteiger partial charge on any atom is 0.261 e. The van der Waals surface area contributed by atoms with E-state index in [9.17, 15) is 13.2 Å². The average molecular weight is 439 g/mol. The zero-order valence-electron chi connectivity index (χ0n) is 17.8. The summed E-state index contributed by atoms with van der Waals surface area (Å²) in [7, 11) is -2.18. The highest BCUT2D eigenvalue weighted by molar-refractivity contribution is 7.92. The molecular weight excluding hydrogens is 412 g/mol. The van der Waals surface area contributed by atoms with Crippen molar-refractivity contribution < 1.29 is 17.9 Å². The highest BCUT2D eigenvalue weighted by Crippen LogP contribution is 2.20. The molecule has 162 valence electrons. The van der Waals surface area contributed by atoms with Gasteiger partial charge in [-0.25, -0.2) is 8.42 Å². The summed E-state index contributed by atoms with van der Waals surface area (Å²) in [6.45, 7) is 4.57. The van der Waals surface area contributed by atoms with E-state index in [2.05, 4.69) is 10.0 Å². The second-order valence-electron chi connectivity index (χ2n) is 7.38. The van der Waals surface area contributed by atoms with E-state index >= 15 is 0 Å². The van der Waals surface area contributed by atoms with E-state index in [1.807, 2.05) is 43.3 Å². The van der Waals surface area contributed by atoms with Crippen LogP contribution in [0.1, 0.15) is 32.6 Å². The Labute approximate surface area is 183 Å². The third kappa shape index (κ3) is 5.93. The number of carbonyl (C=O) groups excluding carboxylic acids is 1. The molecule has 3 aromatic rings. The van der Waals surface area contributed by atoms with E-state index in [0.29, 0.717) is 30.0 Å². The van der Waals surface area contributed by atoms with E-state index < -0.39 is 10.0 Å². The van der Waals surface area contributed by atoms with E-state index in [1.54, 1.807) is 32.2 Å². The molecule has 1 amide bonds. The zero-order chi connectivity index (χ0) is 22.4. The van der Waals surface area contributed by atoms with Crippen LogP contribution in [0.5, 0.6) is 0 Å². The Balaban J connectivity index is 1.73. The molecule has 31 heavy (non-hydrogen) atoms. The van der Waals surface area contributed by atoms with Gasteiger partial charge in [0.15, 0.2) is 0 Å². The number of methoxy groups -OCH3 is 1. The zero-order valence-corrected chi connectivity index (χ0v) is 18.6. The second-order valence-corrected chi connectivity index (χ2v) is 9.06. The molecule has 3 aromatic carbocycles. The molecule has 0 saturated heterocycles. The van der Waals surface area contributed by atoms with Crippen molar-refractivity contribution in [2.75, 3.05) is 11.8 Å². The largest absolute Gasteiger partial charge is 0.380 e. The fourth-order valence-corrected chi connectivity index (χ4v) is 4.13. The van der Waals surface area contributed by atoms with E-state index in [1.165, 1.54) is 12.1 Å². The summed E-state index contributed by atoms with van der Waals surface area (Å²) in [6.07, 6.45) is 0. The topological polar surface area (TPSA) is 84.5 Å². The van der Waals surface area contributed by atoms with Gasteiger partial charge in [-0.3, -0.25) is 9.52 Å². The Hall–Kier alpha value is -3.16. The fourth-order valence-electron chi connectivity index (χ4n) is 3.05. The lowest BCUT2D eigenvalue weighted by atomic mass is 10.1. The first-order valence-electron chi connectivity index (χ1n) is 9.83. The Bertz CT molecular complexity index is 1160. The van der Waals surface area contributed by atoms with Gasteiger partial charge in [-0.2, -0.15) is 0 Å². The third-order valence-electron chi connectivity index (χ3n) is 4.85. The summed E-state index contributed by atoms with van der Waals surface area (Å²) in [5.41, 5.74) is 4.51. The van der Waals surface area contributed by atoms with Gasteiger partial charge in [0.05, 0.1) is 11.5 Å². The summed E-state index contributed by atoms with van der Waals surface area (Å²) < 4.78 is 33.2. The minimum absolute atomic E-state index is 0.0349. The van der Waals surface area contributed by atoms with Crippen molar-refractivity contribution in [3.8, 4) is 0 Å². The first-order chi connectivity index (χ1) is 14.8. The van der Waals surface area contributed by atoms with Gasteiger partial charge in [-0.15, -0.1) is 0 Å². The predicted molar refractivity (Wildman–Crippen MR) is 121 cm³/mol. The van der Waals surface area contributed by atoms with Crippen molar-refractivity contribution in [2.24, 2.45) is 0 Å². The van der Waals surface area contributed by atoms with Crippen molar-refractivity contribution in [3.05, 3.63) is 94.5 Å². The number of sulfonamides is 1. The molecule has 0 bridgehead atoms. The van der Waals surface area contributed by atoms with E-state index in [4.69, 9.17) is 4.74 Å². The second kappa shape index (κ2) is 9.76. The van der Waals surface area contributed by atoms with Gasteiger partial charge in [0.2, 0.25) is 0 Å². The van der Waals surface area contributed by atoms with Gasteiger partial charge in [0.25, 0.3) is 15.9 Å². The lowest BCUT2D eigenvalue weighted by Crippen LogP contribution is -2.24. The quantitative estimate of drug-likeness (QED) is 0.553. The van der Waals surface area contributed by atoms with Gasteiger partial charge >= 0.3 is 0 Å². The van der Waals surface area contributed by atoms with E-state index in [0.717, 1.165) is 16.7 Å². The molecule has 7 heteroatoms. The first-order valence-corrected chi connectivity index (χ1v) is 11.3. The Kier molecular flexibility index (Phi) is 7.09. The normalized spacial score (nSPS) is 11.2. The fraction of sp³-hybridized carbons (Fsp3) is 0.208. The summed E-state index contributed by atoms with van der Waals surface area (Å²) >= 11 is 0.